The lowest BCUT2D eigenvalue weighted by molar-refractivity contribution is -0.137. The van der Waals surface area contributed by atoms with Gasteiger partial charge in [-0.05, 0) is 30.7 Å². The minimum atomic E-state index is -0.931. The van der Waals surface area contributed by atoms with Gasteiger partial charge < -0.3 is 20.1 Å². The maximum Gasteiger partial charge on any atom is 0.305 e. The number of H-pyrrole nitrogens is 1. The summed E-state index contributed by atoms with van der Waals surface area (Å²) in [6.07, 6.45) is 1.89. The van der Waals surface area contributed by atoms with Crippen LogP contribution < -0.4 is 10.1 Å². The largest absolute Gasteiger partial charge is 0.497 e. The molecule has 0 spiro atoms. The predicted molar refractivity (Wildman–Crippen MR) is 78.4 cm³/mol. The summed E-state index contributed by atoms with van der Waals surface area (Å²) in [7, 11) is 1.59. The zero-order valence-corrected chi connectivity index (χ0v) is 12.0. The number of aromatic nitrogens is 1. The number of nitrogens with one attached hydrogen (secondary N) is 2. The van der Waals surface area contributed by atoms with Crippen LogP contribution in [0.15, 0.2) is 24.4 Å². The van der Waals surface area contributed by atoms with Gasteiger partial charge in [0.05, 0.1) is 20.0 Å². The van der Waals surface area contributed by atoms with Crippen LogP contribution in [-0.2, 0) is 16.0 Å². The van der Waals surface area contributed by atoms with E-state index in [4.69, 9.17) is 9.84 Å². The number of benzene rings is 1. The van der Waals surface area contributed by atoms with Crippen molar-refractivity contribution >= 4 is 22.8 Å². The molecule has 0 aliphatic rings. The Morgan fingerprint density at radius 2 is 2.19 bits per heavy atom. The van der Waals surface area contributed by atoms with E-state index in [0.29, 0.717) is 0 Å². The number of hydrogen-bond donors (Lipinski definition) is 3. The summed E-state index contributed by atoms with van der Waals surface area (Å²) < 4.78 is 5.18. The summed E-state index contributed by atoms with van der Waals surface area (Å²) in [5.74, 6) is -0.407. The van der Waals surface area contributed by atoms with Gasteiger partial charge in [-0.3, -0.25) is 9.59 Å². The van der Waals surface area contributed by atoms with Crippen molar-refractivity contribution in [2.45, 2.75) is 25.8 Å². The standard InChI is InChI=1S/C15H18N2O4/c1-9(5-15(19)20)17-14(18)6-10-8-16-13-4-3-11(21-2)7-12(10)13/h3-4,7-9,16H,5-6H2,1-2H3,(H,17,18)(H,19,20). The molecule has 0 bridgehead atoms. The van der Waals surface area contributed by atoms with Crippen LogP contribution in [0.25, 0.3) is 10.9 Å². The van der Waals surface area contributed by atoms with Gasteiger partial charge in [-0.25, -0.2) is 0 Å². The van der Waals surface area contributed by atoms with Gasteiger partial charge in [0.2, 0.25) is 5.91 Å². The Morgan fingerprint density at radius 3 is 2.86 bits per heavy atom. The van der Waals surface area contributed by atoms with Crippen LogP contribution in [0.4, 0.5) is 0 Å². The van der Waals surface area contributed by atoms with Crippen LogP contribution in [0.3, 0.4) is 0 Å². The van der Waals surface area contributed by atoms with Crippen molar-refractivity contribution in [3.63, 3.8) is 0 Å². The zero-order valence-electron chi connectivity index (χ0n) is 12.0. The number of aliphatic carboxylic acids is 1. The van der Waals surface area contributed by atoms with E-state index in [9.17, 15) is 9.59 Å². The third-order valence-corrected chi connectivity index (χ3v) is 3.21. The highest BCUT2D eigenvalue weighted by Gasteiger charge is 2.13. The number of fused-ring (bicyclic) bond motifs is 1. The van der Waals surface area contributed by atoms with Gasteiger partial charge in [0, 0.05) is 23.1 Å². The molecule has 6 heteroatoms. The van der Waals surface area contributed by atoms with E-state index < -0.39 is 12.0 Å². The molecule has 1 amide bonds. The number of carbonyl (C=O) groups is 2. The fourth-order valence-electron chi connectivity index (χ4n) is 2.24. The number of hydrogen-bond acceptors (Lipinski definition) is 3. The molecule has 112 valence electrons. The Kier molecular flexibility index (Phi) is 4.47. The van der Waals surface area contributed by atoms with Crippen molar-refractivity contribution in [3.8, 4) is 5.75 Å². The zero-order chi connectivity index (χ0) is 15.4. The van der Waals surface area contributed by atoms with Crippen LogP contribution in [-0.4, -0.2) is 35.1 Å². The summed E-state index contributed by atoms with van der Waals surface area (Å²) in [6.45, 7) is 1.67. The topological polar surface area (TPSA) is 91.4 Å². The number of rotatable bonds is 6. The minimum Gasteiger partial charge on any atom is -0.497 e. The Labute approximate surface area is 122 Å². The smallest absolute Gasteiger partial charge is 0.305 e. The van der Waals surface area contributed by atoms with Gasteiger partial charge >= 0.3 is 5.97 Å². The Balaban J connectivity index is 2.08. The van der Waals surface area contributed by atoms with E-state index in [0.717, 1.165) is 22.2 Å². The molecule has 1 heterocycles. The highest BCUT2D eigenvalue weighted by atomic mass is 16.5. The second-order valence-corrected chi connectivity index (χ2v) is 4.97. The molecular formula is C15H18N2O4. The monoisotopic (exact) mass is 290 g/mol. The normalized spacial score (nSPS) is 12.1. The van der Waals surface area contributed by atoms with Crippen molar-refractivity contribution in [2.24, 2.45) is 0 Å². The number of amides is 1. The van der Waals surface area contributed by atoms with Gasteiger partial charge in [0.15, 0.2) is 0 Å². The summed E-state index contributed by atoms with van der Waals surface area (Å²) >= 11 is 0. The van der Waals surface area contributed by atoms with Gasteiger partial charge in [-0.15, -0.1) is 0 Å². The lowest BCUT2D eigenvalue weighted by Gasteiger charge is -2.11. The van der Waals surface area contributed by atoms with E-state index in [-0.39, 0.29) is 18.7 Å². The van der Waals surface area contributed by atoms with Gasteiger partial charge in [-0.1, -0.05) is 0 Å². The quantitative estimate of drug-likeness (QED) is 0.755. The molecule has 1 atom stereocenters. The molecule has 2 rings (SSSR count). The lowest BCUT2D eigenvalue weighted by Crippen LogP contribution is -2.35. The molecule has 3 N–H and O–H groups in total. The van der Waals surface area contributed by atoms with E-state index in [1.807, 2.05) is 18.2 Å². The predicted octanol–water partition coefficient (Wildman–Crippen LogP) is 1.70. The lowest BCUT2D eigenvalue weighted by atomic mass is 10.1. The first-order valence-corrected chi connectivity index (χ1v) is 6.64. The number of aromatic amines is 1. The molecule has 0 fully saturated rings. The third kappa shape index (κ3) is 3.75. The minimum absolute atomic E-state index is 0.0898. The second kappa shape index (κ2) is 6.30. The van der Waals surface area contributed by atoms with E-state index in [1.54, 1.807) is 20.2 Å². The van der Waals surface area contributed by atoms with Crippen molar-refractivity contribution in [1.82, 2.24) is 10.3 Å². The molecule has 1 aromatic heterocycles. The molecule has 0 aliphatic carbocycles. The van der Waals surface area contributed by atoms with Gasteiger partial charge in [0.25, 0.3) is 0 Å². The number of carboxylic acids is 1. The summed E-state index contributed by atoms with van der Waals surface area (Å²) in [5.41, 5.74) is 1.78. The Bertz CT molecular complexity index is 663. The van der Waals surface area contributed by atoms with Crippen molar-refractivity contribution in [3.05, 3.63) is 30.0 Å². The number of ether oxygens (including phenoxy) is 1. The first-order valence-electron chi connectivity index (χ1n) is 6.64. The van der Waals surface area contributed by atoms with Gasteiger partial charge in [-0.2, -0.15) is 0 Å². The molecule has 0 saturated heterocycles. The fourth-order valence-corrected chi connectivity index (χ4v) is 2.24. The van der Waals surface area contributed by atoms with Crippen molar-refractivity contribution in [2.75, 3.05) is 7.11 Å². The Morgan fingerprint density at radius 1 is 1.43 bits per heavy atom. The highest BCUT2D eigenvalue weighted by Crippen LogP contribution is 2.23. The maximum absolute atomic E-state index is 12.0. The van der Waals surface area contributed by atoms with E-state index in [1.165, 1.54) is 0 Å². The Hall–Kier alpha value is -2.50. The van der Waals surface area contributed by atoms with E-state index >= 15 is 0 Å². The molecule has 21 heavy (non-hydrogen) atoms. The molecule has 0 saturated carbocycles. The third-order valence-electron chi connectivity index (χ3n) is 3.21. The average molecular weight is 290 g/mol. The molecule has 2 aromatic rings. The number of carboxylic acid groups (broad SMARTS) is 1. The molecule has 6 nitrogen and oxygen atoms in total. The van der Waals surface area contributed by atoms with Crippen LogP contribution >= 0.6 is 0 Å². The first-order chi connectivity index (χ1) is 9.99. The first kappa shape index (κ1) is 14.9. The highest BCUT2D eigenvalue weighted by molar-refractivity contribution is 5.90. The molecular weight excluding hydrogens is 272 g/mol. The van der Waals surface area contributed by atoms with Gasteiger partial charge in [0.1, 0.15) is 5.75 Å². The molecule has 1 unspecified atom stereocenters. The fraction of sp³-hybridized carbons (Fsp3) is 0.333. The molecule has 1 aromatic carbocycles. The van der Waals surface area contributed by atoms with Crippen molar-refractivity contribution < 1.29 is 19.4 Å². The summed E-state index contributed by atoms with van der Waals surface area (Å²) in [5, 5.41) is 12.3. The van der Waals surface area contributed by atoms with Crippen molar-refractivity contribution in [1.29, 1.82) is 0 Å². The average Bonchev–Trinajstić information content (AvgIpc) is 2.79. The molecule has 0 aliphatic heterocycles. The number of methoxy groups -OCH3 is 1. The van der Waals surface area contributed by atoms with Crippen LogP contribution in [0.5, 0.6) is 5.75 Å². The maximum atomic E-state index is 12.0. The second-order valence-electron chi connectivity index (χ2n) is 4.97. The van der Waals surface area contributed by atoms with Crippen LogP contribution in [0.2, 0.25) is 0 Å². The van der Waals surface area contributed by atoms with E-state index in [2.05, 4.69) is 10.3 Å². The number of carbonyl (C=O) groups excluding carboxylic acids is 1. The molecule has 0 radical (unpaired) electrons. The van der Waals surface area contributed by atoms with Crippen LogP contribution in [0.1, 0.15) is 18.9 Å². The summed E-state index contributed by atoms with van der Waals surface area (Å²) in [6, 6.07) is 5.21. The SMILES string of the molecule is COc1ccc2[nH]cc(CC(=O)NC(C)CC(=O)O)c2c1. The summed E-state index contributed by atoms with van der Waals surface area (Å²) in [4.78, 5) is 25.6. The van der Waals surface area contributed by atoms with Crippen LogP contribution in [0, 0.1) is 0 Å².